The van der Waals surface area contributed by atoms with Gasteiger partial charge in [0.1, 0.15) is 11.5 Å². The fraction of sp³-hybridized carbons (Fsp3) is 0.571. The van der Waals surface area contributed by atoms with Gasteiger partial charge in [0, 0.05) is 24.3 Å². The van der Waals surface area contributed by atoms with Gasteiger partial charge in [0.25, 0.3) is 0 Å². The zero-order valence-electron chi connectivity index (χ0n) is 10.7. The maximum atomic E-state index is 9.75. The molecule has 18 heavy (non-hydrogen) atoms. The van der Waals surface area contributed by atoms with Gasteiger partial charge < -0.3 is 20.3 Å². The van der Waals surface area contributed by atoms with Gasteiger partial charge in [-0.05, 0) is 38.8 Å². The largest absolute Gasteiger partial charge is 0.508 e. The maximum Gasteiger partial charge on any atom is 0.124 e. The molecular weight excluding hydrogens is 230 g/mol. The number of benzene rings is 1. The van der Waals surface area contributed by atoms with E-state index < -0.39 is 0 Å². The lowest BCUT2D eigenvalue weighted by Crippen LogP contribution is -2.23. The first-order valence-electron chi connectivity index (χ1n) is 6.53. The Labute approximate surface area is 108 Å². The standard InChI is InChI=1S/C14H21NO3/c1-10(13-5-4-11(16)9-14(13)17)15-7-6-12-3-2-8-18-12/h4-5,9-10,12,15-17H,2-3,6-8H2,1H3. The highest BCUT2D eigenvalue weighted by atomic mass is 16.5. The Hall–Kier alpha value is -1.26. The smallest absolute Gasteiger partial charge is 0.124 e. The van der Waals surface area contributed by atoms with Gasteiger partial charge in [0.2, 0.25) is 0 Å². The molecule has 1 aromatic rings. The summed E-state index contributed by atoms with van der Waals surface area (Å²) in [6, 6.07) is 4.77. The van der Waals surface area contributed by atoms with Crippen LogP contribution in [-0.4, -0.2) is 29.5 Å². The Morgan fingerprint density at radius 3 is 2.94 bits per heavy atom. The van der Waals surface area contributed by atoms with E-state index in [1.165, 1.54) is 12.5 Å². The van der Waals surface area contributed by atoms with E-state index in [4.69, 9.17) is 4.74 Å². The van der Waals surface area contributed by atoms with E-state index in [0.29, 0.717) is 6.10 Å². The number of hydrogen-bond acceptors (Lipinski definition) is 4. The van der Waals surface area contributed by atoms with Crippen LogP contribution in [0.4, 0.5) is 0 Å². The fourth-order valence-corrected chi connectivity index (χ4v) is 2.34. The number of phenolic OH excluding ortho intramolecular Hbond substituents is 2. The summed E-state index contributed by atoms with van der Waals surface area (Å²) in [5.41, 5.74) is 0.806. The predicted molar refractivity (Wildman–Crippen MR) is 69.8 cm³/mol. The molecule has 3 N–H and O–H groups in total. The molecule has 0 spiro atoms. The number of phenols is 2. The van der Waals surface area contributed by atoms with Crippen molar-refractivity contribution in [3.8, 4) is 11.5 Å². The SMILES string of the molecule is CC(NCCC1CCCO1)c1ccc(O)cc1O. The molecule has 0 saturated carbocycles. The summed E-state index contributed by atoms with van der Waals surface area (Å²) in [6.07, 6.45) is 3.71. The van der Waals surface area contributed by atoms with Gasteiger partial charge in [-0.15, -0.1) is 0 Å². The molecule has 4 nitrogen and oxygen atoms in total. The molecule has 1 fully saturated rings. The van der Waals surface area contributed by atoms with Crippen molar-refractivity contribution in [2.24, 2.45) is 0 Å². The van der Waals surface area contributed by atoms with Crippen molar-refractivity contribution in [1.29, 1.82) is 0 Å². The van der Waals surface area contributed by atoms with Gasteiger partial charge in [-0.3, -0.25) is 0 Å². The Kier molecular flexibility index (Phi) is 4.44. The Bertz CT molecular complexity index is 389. The number of nitrogens with one attached hydrogen (secondary N) is 1. The van der Waals surface area contributed by atoms with Crippen LogP contribution >= 0.6 is 0 Å². The van der Waals surface area contributed by atoms with Crippen molar-refractivity contribution in [2.75, 3.05) is 13.2 Å². The van der Waals surface area contributed by atoms with Crippen LogP contribution in [0.25, 0.3) is 0 Å². The summed E-state index contributed by atoms with van der Waals surface area (Å²) in [6.45, 7) is 3.76. The topological polar surface area (TPSA) is 61.7 Å². The maximum absolute atomic E-state index is 9.75. The Balaban J connectivity index is 1.81. The molecule has 1 aliphatic rings. The zero-order chi connectivity index (χ0) is 13.0. The van der Waals surface area contributed by atoms with E-state index in [0.717, 1.165) is 31.6 Å². The highest BCUT2D eigenvalue weighted by Crippen LogP contribution is 2.27. The molecule has 0 bridgehead atoms. The molecule has 1 aromatic carbocycles. The molecule has 1 saturated heterocycles. The second-order valence-corrected chi connectivity index (χ2v) is 4.84. The fourth-order valence-electron chi connectivity index (χ4n) is 2.34. The lowest BCUT2D eigenvalue weighted by molar-refractivity contribution is 0.103. The molecule has 0 amide bonds. The van der Waals surface area contributed by atoms with Crippen LogP contribution < -0.4 is 5.32 Å². The van der Waals surface area contributed by atoms with E-state index in [2.05, 4.69) is 5.32 Å². The van der Waals surface area contributed by atoms with Crippen LogP contribution in [0.15, 0.2) is 18.2 Å². The van der Waals surface area contributed by atoms with E-state index in [1.807, 2.05) is 6.92 Å². The van der Waals surface area contributed by atoms with Gasteiger partial charge in [-0.2, -0.15) is 0 Å². The number of aromatic hydroxyl groups is 2. The first-order chi connectivity index (χ1) is 8.66. The van der Waals surface area contributed by atoms with Gasteiger partial charge in [0.05, 0.1) is 6.10 Å². The van der Waals surface area contributed by atoms with Crippen molar-refractivity contribution in [1.82, 2.24) is 5.32 Å². The quantitative estimate of drug-likeness (QED) is 0.751. The van der Waals surface area contributed by atoms with Crippen molar-refractivity contribution in [3.05, 3.63) is 23.8 Å². The molecule has 0 aliphatic carbocycles. The molecule has 1 heterocycles. The summed E-state index contributed by atoms with van der Waals surface area (Å²) < 4.78 is 5.56. The highest BCUT2D eigenvalue weighted by Gasteiger charge is 2.16. The lowest BCUT2D eigenvalue weighted by Gasteiger charge is -2.17. The first kappa shape index (κ1) is 13.2. The Morgan fingerprint density at radius 1 is 1.44 bits per heavy atom. The summed E-state index contributed by atoms with van der Waals surface area (Å²) in [7, 11) is 0. The van der Waals surface area contributed by atoms with E-state index in [9.17, 15) is 10.2 Å². The third kappa shape index (κ3) is 3.37. The van der Waals surface area contributed by atoms with Crippen molar-refractivity contribution in [2.45, 2.75) is 38.3 Å². The van der Waals surface area contributed by atoms with Gasteiger partial charge in [-0.1, -0.05) is 6.07 Å². The second-order valence-electron chi connectivity index (χ2n) is 4.84. The van der Waals surface area contributed by atoms with Gasteiger partial charge in [0.15, 0.2) is 0 Å². The molecule has 0 radical (unpaired) electrons. The monoisotopic (exact) mass is 251 g/mol. The number of hydrogen-bond donors (Lipinski definition) is 3. The summed E-state index contributed by atoms with van der Waals surface area (Å²) >= 11 is 0. The predicted octanol–water partition coefficient (Wildman–Crippen LogP) is 2.32. The molecule has 2 atom stereocenters. The van der Waals surface area contributed by atoms with Crippen LogP contribution in [0.2, 0.25) is 0 Å². The van der Waals surface area contributed by atoms with E-state index >= 15 is 0 Å². The van der Waals surface area contributed by atoms with E-state index in [-0.39, 0.29) is 17.5 Å². The van der Waals surface area contributed by atoms with Crippen LogP contribution in [-0.2, 0) is 4.74 Å². The first-order valence-corrected chi connectivity index (χ1v) is 6.53. The minimum absolute atomic E-state index is 0.0620. The Morgan fingerprint density at radius 2 is 2.28 bits per heavy atom. The molecule has 4 heteroatoms. The average Bonchev–Trinajstić information content (AvgIpc) is 2.81. The minimum atomic E-state index is 0.0620. The third-order valence-corrected chi connectivity index (χ3v) is 3.42. The summed E-state index contributed by atoms with van der Waals surface area (Å²) in [5.74, 6) is 0.218. The molecule has 2 unspecified atom stereocenters. The van der Waals surface area contributed by atoms with Crippen LogP contribution in [0.1, 0.15) is 37.8 Å². The normalized spacial score (nSPS) is 21.1. The number of ether oxygens (including phenoxy) is 1. The second kappa shape index (κ2) is 6.07. The summed E-state index contributed by atoms with van der Waals surface area (Å²) in [5, 5.41) is 22.4. The molecule has 0 aromatic heterocycles. The third-order valence-electron chi connectivity index (χ3n) is 3.42. The van der Waals surface area contributed by atoms with Crippen LogP contribution in [0.3, 0.4) is 0 Å². The van der Waals surface area contributed by atoms with Crippen LogP contribution in [0, 0.1) is 0 Å². The number of rotatable bonds is 5. The van der Waals surface area contributed by atoms with Crippen molar-refractivity contribution < 1.29 is 14.9 Å². The van der Waals surface area contributed by atoms with Crippen molar-refractivity contribution >= 4 is 0 Å². The molecule has 2 rings (SSSR count). The molecular formula is C14H21NO3. The van der Waals surface area contributed by atoms with Crippen molar-refractivity contribution in [3.63, 3.8) is 0 Å². The molecule has 100 valence electrons. The van der Waals surface area contributed by atoms with E-state index in [1.54, 1.807) is 12.1 Å². The van der Waals surface area contributed by atoms with Gasteiger partial charge in [-0.25, -0.2) is 0 Å². The average molecular weight is 251 g/mol. The lowest BCUT2D eigenvalue weighted by atomic mass is 10.1. The van der Waals surface area contributed by atoms with Crippen LogP contribution in [0.5, 0.6) is 11.5 Å². The minimum Gasteiger partial charge on any atom is -0.508 e. The molecule has 1 aliphatic heterocycles. The summed E-state index contributed by atoms with van der Waals surface area (Å²) in [4.78, 5) is 0. The zero-order valence-corrected chi connectivity index (χ0v) is 10.7. The van der Waals surface area contributed by atoms with Gasteiger partial charge >= 0.3 is 0 Å². The highest BCUT2D eigenvalue weighted by molar-refractivity contribution is 5.40.